The van der Waals surface area contributed by atoms with E-state index in [0.29, 0.717) is 18.0 Å². The third-order valence-corrected chi connectivity index (χ3v) is 6.95. The maximum atomic E-state index is 13.0. The van der Waals surface area contributed by atoms with Crippen LogP contribution < -0.4 is 0 Å². The van der Waals surface area contributed by atoms with Gasteiger partial charge in [-0.3, -0.25) is 0 Å². The fourth-order valence-electron chi connectivity index (χ4n) is 3.89. The minimum Gasteiger partial charge on any atom is -0.392 e. The molecule has 1 aromatic carbocycles. The standard InChI is InChI=1S/C16H23NO3S/c18-12-14-8-3-4-10-16(14)21(19,20)17-11-5-9-15(17)13-6-1-2-7-13/h3-4,8,10,13,15,18H,1-2,5-7,9,11-12H2. The molecule has 1 aromatic rings. The van der Waals surface area contributed by atoms with Gasteiger partial charge in [-0.1, -0.05) is 31.0 Å². The summed E-state index contributed by atoms with van der Waals surface area (Å²) < 4.78 is 27.7. The predicted octanol–water partition coefficient (Wildman–Crippen LogP) is 2.52. The number of hydrogen-bond donors (Lipinski definition) is 1. The van der Waals surface area contributed by atoms with Crippen LogP contribution in [-0.2, 0) is 16.6 Å². The lowest BCUT2D eigenvalue weighted by Crippen LogP contribution is -2.39. The number of hydrogen-bond acceptors (Lipinski definition) is 3. The van der Waals surface area contributed by atoms with Crippen LogP contribution in [0.4, 0.5) is 0 Å². The van der Waals surface area contributed by atoms with E-state index in [9.17, 15) is 13.5 Å². The summed E-state index contributed by atoms with van der Waals surface area (Å²) in [5, 5.41) is 9.42. The third-order valence-electron chi connectivity index (χ3n) is 4.92. The van der Waals surface area contributed by atoms with E-state index in [1.807, 2.05) is 0 Å². The summed E-state index contributed by atoms with van der Waals surface area (Å²) in [4.78, 5) is 0.275. The number of aliphatic hydroxyl groups excluding tert-OH is 1. The Kier molecular flexibility index (Phi) is 4.33. The molecule has 1 saturated heterocycles. The van der Waals surface area contributed by atoms with E-state index >= 15 is 0 Å². The van der Waals surface area contributed by atoms with Crippen molar-refractivity contribution in [1.29, 1.82) is 0 Å². The summed E-state index contributed by atoms with van der Waals surface area (Å²) in [6.07, 6.45) is 6.67. The second-order valence-electron chi connectivity index (χ2n) is 6.14. The van der Waals surface area contributed by atoms with Crippen molar-refractivity contribution < 1.29 is 13.5 Å². The van der Waals surface area contributed by atoms with Gasteiger partial charge < -0.3 is 5.11 Å². The Morgan fingerprint density at radius 3 is 2.52 bits per heavy atom. The summed E-state index contributed by atoms with van der Waals surface area (Å²) in [7, 11) is -3.49. The summed E-state index contributed by atoms with van der Waals surface area (Å²) in [5.41, 5.74) is 0.495. The van der Waals surface area contributed by atoms with Crippen LogP contribution in [0.15, 0.2) is 29.2 Å². The summed E-state index contributed by atoms with van der Waals surface area (Å²) in [6.45, 7) is 0.376. The molecule has 116 valence electrons. The van der Waals surface area contributed by atoms with E-state index in [0.717, 1.165) is 25.7 Å². The molecule has 0 aromatic heterocycles. The molecular formula is C16H23NO3S. The average Bonchev–Trinajstić information content (AvgIpc) is 3.17. The quantitative estimate of drug-likeness (QED) is 0.930. The molecule has 0 bridgehead atoms. The Morgan fingerprint density at radius 2 is 1.81 bits per heavy atom. The molecule has 0 radical (unpaired) electrons. The highest BCUT2D eigenvalue weighted by molar-refractivity contribution is 7.89. The van der Waals surface area contributed by atoms with Crippen LogP contribution in [0.5, 0.6) is 0 Å². The molecule has 1 heterocycles. The molecule has 1 saturated carbocycles. The van der Waals surface area contributed by atoms with Gasteiger partial charge >= 0.3 is 0 Å². The molecule has 2 aliphatic rings. The van der Waals surface area contributed by atoms with Gasteiger partial charge in [-0.15, -0.1) is 0 Å². The van der Waals surface area contributed by atoms with Gasteiger partial charge in [0.2, 0.25) is 10.0 Å². The Bertz CT molecular complexity index is 593. The molecule has 1 unspecified atom stereocenters. The van der Waals surface area contributed by atoms with Gasteiger partial charge in [0.1, 0.15) is 0 Å². The molecule has 2 fully saturated rings. The maximum absolute atomic E-state index is 13.0. The first-order chi connectivity index (χ1) is 10.1. The van der Waals surface area contributed by atoms with Crippen molar-refractivity contribution >= 4 is 10.0 Å². The smallest absolute Gasteiger partial charge is 0.243 e. The molecule has 1 aliphatic heterocycles. The molecule has 3 rings (SSSR count). The zero-order valence-electron chi connectivity index (χ0n) is 12.2. The number of aliphatic hydroxyl groups is 1. The normalized spacial score (nSPS) is 24.7. The lowest BCUT2D eigenvalue weighted by atomic mass is 9.97. The van der Waals surface area contributed by atoms with E-state index in [4.69, 9.17) is 0 Å². The van der Waals surface area contributed by atoms with Crippen molar-refractivity contribution in [1.82, 2.24) is 4.31 Å². The average molecular weight is 309 g/mol. The molecule has 1 atom stereocenters. The fourth-order valence-corrected chi connectivity index (χ4v) is 5.86. The monoisotopic (exact) mass is 309 g/mol. The zero-order chi connectivity index (χ0) is 14.9. The van der Waals surface area contributed by atoms with Crippen LogP contribution in [0.2, 0.25) is 0 Å². The largest absolute Gasteiger partial charge is 0.392 e. The Morgan fingerprint density at radius 1 is 1.10 bits per heavy atom. The van der Waals surface area contributed by atoms with E-state index in [1.165, 1.54) is 12.8 Å². The molecule has 5 heteroatoms. The lowest BCUT2D eigenvalue weighted by molar-refractivity contribution is 0.274. The van der Waals surface area contributed by atoms with E-state index in [-0.39, 0.29) is 17.5 Å². The van der Waals surface area contributed by atoms with Crippen LogP contribution in [-0.4, -0.2) is 30.4 Å². The molecule has 21 heavy (non-hydrogen) atoms. The van der Waals surface area contributed by atoms with Gasteiger partial charge in [-0.05, 0) is 43.2 Å². The third kappa shape index (κ3) is 2.74. The van der Waals surface area contributed by atoms with E-state index in [1.54, 1.807) is 28.6 Å². The van der Waals surface area contributed by atoms with Gasteiger partial charge in [0.15, 0.2) is 0 Å². The molecule has 0 spiro atoms. The predicted molar refractivity (Wildman–Crippen MR) is 81.2 cm³/mol. The van der Waals surface area contributed by atoms with Crippen LogP contribution in [0.3, 0.4) is 0 Å². The second-order valence-corrected chi connectivity index (χ2v) is 7.99. The Balaban J connectivity index is 1.93. The van der Waals surface area contributed by atoms with Gasteiger partial charge in [-0.2, -0.15) is 4.31 Å². The second kappa shape index (κ2) is 6.07. The van der Waals surface area contributed by atoms with Crippen molar-refractivity contribution in [2.45, 2.75) is 56.1 Å². The van der Waals surface area contributed by atoms with E-state index < -0.39 is 10.0 Å². The first-order valence-corrected chi connectivity index (χ1v) is 9.29. The highest BCUT2D eigenvalue weighted by atomic mass is 32.2. The van der Waals surface area contributed by atoms with Crippen LogP contribution >= 0.6 is 0 Å². The summed E-state index contributed by atoms with van der Waals surface area (Å²) in [6, 6.07) is 6.96. The molecule has 1 aliphatic carbocycles. The van der Waals surface area contributed by atoms with Gasteiger partial charge in [0, 0.05) is 12.6 Å². The van der Waals surface area contributed by atoms with Gasteiger partial charge in [0.05, 0.1) is 11.5 Å². The first-order valence-electron chi connectivity index (χ1n) is 7.85. The topological polar surface area (TPSA) is 57.6 Å². The van der Waals surface area contributed by atoms with Gasteiger partial charge in [0.25, 0.3) is 0 Å². The fraction of sp³-hybridized carbons (Fsp3) is 0.625. The minimum absolute atomic E-state index is 0.157. The Hall–Kier alpha value is -0.910. The van der Waals surface area contributed by atoms with Crippen molar-refractivity contribution in [2.75, 3.05) is 6.54 Å². The number of nitrogens with zero attached hydrogens (tertiary/aromatic N) is 1. The van der Waals surface area contributed by atoms with Crippen LogP contribution in [0.1, 0.15) is 44.1 Å². The van der Waals surface area contributed by atoms with E-state index in [2.05, 4.69) is 0 Å². The summed E-state index contributed by atoms with van der Waals surface area (Å²) >= 11 is 0. The highest BCUT2D eigenvalue weighted by Gasteiger charge is 2.40. The molecular weight excluding hydrogens is 286 g/mol. The Labute approximate surface area is 126 Å². The number of benzene rings is 1. The molecule has 1 N–H and O–H groups in total. The molecule has 4 nitrogen and oxygen atoms in total. The molecule has 0 amide bonds. The minimum atomic E-state index is -3.49. The van der Waals surface area contributed by atoms with Crippen molar-refractivity contribution in [3.63, 3.8) is 0 Å². The summed E-state index contributed by atoms with van der Waals surface area (Å²) in [5.74, 6) is 0.517. The maximum Gasteiger partial charge on any atom is 0.243 e. The van der Waals surface area contributed by atoms with Crippen molar-refractivity contribution in [3.05, 3.63) is 29.8 Å². The number of rotatable bonds is 4. The van der Waals surface area contributed by atoms with Crippen molar-refractivity contribution in [3.8, 4) is 0 Å². The van der Waals surface area contributed by atoms with Crippen molar-refractivity contribution in [2.24, 2.45) is 5.92 Å². The number of sulfonamides is 1. The van der Waals surface area contributed by atoms with Crippen LogP contribution in [0.25, 0.3) is 0 Å². The van der Waals surface area contributed by atoms with Gasteiger partial charge in [-0.25, -0.2) is 8.42 Å². The zero-order valence-corrected chi connectivity index (χ0v) is 13.1. The van der Waals surface area contributed by atoms with Crippen LogP contribution in [0, 0.1) is 5.92 Å². The highest BCUT2D eigenvalue weighted by Crippen LogP contribution is 2.38. The first kappa shape index (κ1) is 15.0. The lowest BCUT2D eigenvalue weighted by Gasteiger charge is -2.29. The SMILES string of the molecule is O=S(=O)(c1ccccc1CO)N1CCCC1C1CCCC1.